The highest BCUT2D eigenvalue weighted by molar-refractivity contribution is 6.21. The van der Waals surface area contributed by atoms with Crippen LogP contribution in [0.2, 0.25) is 0 Å². The SMILES string of the molecule is [B]C1(C)C2=C(C=CCC2)c2ccc(C)cc21. The highest BCUT2D eigenvalue weighted by Gasteiger charge is 2.36. The molecule has 0 fully saturated rings. The zero-order valence-corrected chi connectivity index (χ0v) is 9.88. The molecule has 0 aliphatic heterocycles. The monoisotopic (exact) mass is 206 g/mol. The predicted molar refractivity (Wildman–Crippen MR) is 69.6 cm³/mol. The summed E-state index contributed by atoms with van der Waals surface area (Å²) >= 11 is 0. The molecule has 0 bridgehead atoms. The number of hydrogen-bond acceptors (Lipinski definition) is 0. The molecule has 16 heavy (non-hydrogen) atoms. The Kier molecular flexibility index (Phi) is 1.95. The Labute approximate surface area is 98.5 Å². The largest absolute Gasteiger partial charge is 0.0867 e. The molecule has 3 rings (SSSR count). The fraction of sp³-hybridized carbons (Fsp3) is 0.333. The van der Waals surface area contributed by atoms with Crippen molar-refractivity contribution in [3.05, 3.63) is 52.6 Å². The maximum absolute atomic E-state index is 6.52. The van der Waals surface area contributed by atoms with Crippen molar-refractivity contribution in [3.8, 4) is 0 Å². The number of hydrogen-bond donors (Lipinski definition) is 0. The first-order valence-corrected chi connectivity index (χ1v) is 5.91. The minimum absolute atomic E-state index is 0.262. The molecule has 0 amide bonds. The van der Waals surface area contributed by atoms with Gasteiger partial charge in [0.1, 0.15) is 0 Å². The molecule has 1 aromatic carbocycles. The first-order chi connectivity index (χ1) is 7.60. The number of rotatable bonds is 0. The van der Waals surface area contributed by atoms with E-state index in [2.05, 4.69) is 44.2 Å². The number of fused-ring (bicyclic) bond motifs is 2. The van der Waals surface area contributed by atoms with Crippen molar-refractivity contribution in [1.82, 2.24) is 0 Å². The second-order valence-corrected chi connectivity index (χ2v) is 5.08. The van der Waals surface area contributed by atoms with E-state index in [4.69, 9.17) is 7.85 Å². The Morgan fingerprint density at radius 3 is 2.94 bits per heavy atom. The quantitative estimate of drug-likeness (QED) is 0.570. The predicted octanol–water partition coefficient (Wildman–Crippen LogP) is 3.50. The van der Waals surface area contributed by atoms with E-state index in [9.17, 15) is 0 Å². The topological polar surface area (TPSA) is 0 Å². The average Bonchev–Trinajstić information content (AvgIpc) is 2.49. The van der Waals surface area contributed by atoms with Crippen molar-refractivity contribution in [3.63, 3.8) is 0 Å². The van der Waals surface area contributed by atoms with Crippen LogP contribution in [0.1, 0.15) is 36.5 Å². The normalized spacial score (nSPS) is 26.9. The van der Waals surface area contributed by atoms with Gasteiger partial charge in [-0.3, -0.25) is 0 Å². The molecular weight excluding hydrogens is 191 g/mol. The summed E-state index contributed by atoms with van der Waals surface area (Å²) in [5, 5.41) is -0.262. The van der Waals surface area contributed by atoms with Gasteiger partial charge in [-0.05, 0) is 41.8 Å². The Morgan fingerprint density at radius 2 is 2.12 bits per heavy atom. The van der Waals surface area contributed by atoms with E-state index in [-0.39, 0.29) is 5.31 Å². The molecule has 1 heteroatoms. The lowest BCUT2D eigenvalue weighted by Crippen LogP contribution is -2.22. The van der Waals surface area contributed by atoms with Crippen LogP contribution in [-0.4, -0.2) is 7.85 Å². The van der Waals surface area contributed by atoms with E-state index in [0.29, 0.717) is 0 Å². The van der Waals surface area contributed by atoms with Gasteiger partial charge in [-0.15, -0.1) is 0 Å². The Hall–Kier alpha value is -1.24. The minimum atomic E-state index is -0.262. The molecule has 2 aliphatic rings. The van der Waals surface area contributed by atoms with Gasteiger partial charge in [0, 0.05) is 0 Å². The molecular formula is C15H15B. The smallest absolute Gasteiger partial charge is 0.0836 e. The van der Waals surface area contributed by atoms with Gasteiger partial charge in [0.25, 0.3) is 0 Å². The fourth-order valence-corrected chi connectivity index (χ4v) is 2.94. The lowest BCUT2D eigenvalue weighted by molar-refractivity contribution is 0.752. The molecule has 1 aromatic rings. The molecule has 0 N–H and O–H groups in total. The van der Waals surface area contributed by atoms with Gasteiger partial charge in [0.15, 0.2) is 0 Å². The first-order valence-electron chi connectivity index (χ1n) is 5.91. The highest BCUT2D eigenvalue weighted by Crippen LogP contribution is 2.48. The molecule has 0 aromatic heterocycles. The minimum Gasteiger partial charge on any atom is -0.0836 e. The third kappa shape index (κ3) is 1.18. The molecule has 1 atom stereocenters. The Bertz CT molecular complexity index is 518. The van der Waals surface area contributed by atoms with Crippen LogP contribution in [0.25, 0.3) is 5.57 Å². The highest BCUT2D eigenvalue weighted by atomic mass is 14.4. The third-order valence-corrected chi connectivity index (χ3v) is 3.82. The van der Waals surface area contributed by atoms with Crippen molar-refractivity contribution in [2.24, 2.45) is 0 Å². The summed E-state index contributed by atoms with van der Waals surface area (Å²) in [6, 6.07) is 6.63. The van der Waals surface area contributed by atoms with Crippen LogP contribution in [0.3, 0.4) is 0 Å². The Morgan fingerprint density at radius 1 is 1.31 bits per heavy atom. The number of benzene rings is 1. The lowest BCUT2D eigenvalue weighted by Gasteiger charge is -2.26. The second-order valence-electron chi connectivity index (χ2n) is 5.08. The van der Waals surface area contributed by atoms with E-state index in [1.54, 1.807) is 0 Å². The molecule has 0 spiro atoms. The van der Waals surface area contributed by atoms with Gasteiger partial charge in [0.05, 0.1) is 7.85 Å². The molecule has 78 valence electrons. The molecule has 2 radical (unpaired) electrons. The molecule has 0 nitrogen and oxygen atoms in total. The summed E-state index contributed by atoms with van der Waals surface area (Å²) in [5.74, 6) is 0. The van der Waals surface area contributed by atoms with E-state index < -0.39 is 0 Å². The second kappa shape index (κ2) is 3.13. The van der Waals surface area contributed by atoms with E-state index in [1.807, 2.05) is 0 Å². The molecule has 0 saturated carbocycles. The average molecular weight is 206 g/mol. The zero-order valence-electron chi connectivity index (χ0n) is 9.88. The molecule has 2 aliphatic carbocycles. The van der Waals surface area contributed by atoms with Crippen molar-refractivity contribution in [2.45, 2.75) is 32.0 Å². The van der Waals surface area contributed by atoms with E-state index in [0.717, 1.165) is 12.8 Å². The fourth-order valence-electron chi connectivity index (χ4n) is 2.94. The van der Waals surface area contributed by atoms with Gasteiger partial charge in [-0.25, -0.2) is 0 Å². The lowest BCUT2D eigenvalue weighted by atomic mass is 9.62. The molecule has 1 unspecified atom stereocenters. The van der Waals surface area contributed by atoms with Crippen LogP contribution in [0.4, 0.5) is 0 Å². The van der Waals surface area contributed by atoms with Gasteiger partial charge in [-0.2, -0.15) is 0 Å². The van der Waals surface area contributed by atoms with Crippen LogP contribution in [-0.2, 0) is 5.31 Å². The third-order valence-electron chi connectivity index (χ3n) is 3.82. The van der Waals surface area contributed by atoms with Crippen LogP contribution < -0.4 is 0 Å². The standard InChI is InChI=1S/C15H15B/c1-10-7-8-12-11-5-3-4-6-13(11)15(2,16)14(12)9-10/h3,5,7-9H,4,6H2,1-2H3. The van der Waals surface area contributed by atoms with Crippen LogP contribution in [0, 0.1) is 6.92 Å². The van der Waals surface area contributed by atoms with Gasteiger partial charge >= 0.3 is 0 Å². The van der Waals surface area contributed by atoms with Crippen molar-refractivity contribution in [2.75, 3.05) is 0 Å². The first kappa shape index (κ1) is 9.95. The summed E-state index contributed by atoms with van der Waals surface area (Å²) in [6.07, 6.45) is 6.72. The van der Waals surface area contributed by atoms with Crippen molar-refractivity contribution in [1.29, 1.82) is 0 Å². The van der Waals surface area contributed by atoms with Crippen LogP contribution in [0.5, 0.6) is 0 Å². The van der Waals surface area contributed by atoms with Crippen LogP contribution >= 0.6 is 0 Å². The molecule has 0 heterocycles. The summed E-state index contributed by atoms with van der Waals surface area (Å²) in [7, 11) is 6.52. The summed E-state index contributed by atoms with van der Waals surface area (Å²) in [5.41, 5.74) is 6.70. The van der Waals surface area contributed by atoms with E-state index >= 15 is 0 Å². The zero-order chi connectivity index (χ0) is 11.3. The van der Waals surface area contributed by atoms with Gasteiger partial charge < -0.3 is 0 Å². The number of aryl methyl sites for hydroxylation is 1. The van der Waals surface area contributed by atoms with Gasteiger partial charge in [0.2, 0.25) is 0 Å². The maximum atomic E-state index is 6.52. The van der Waals surface area contributed by atoms with Crippen molar-refractivity contribution >= 4 is 13.4 Å². The maximum Gasteiger partial charge on any atom is 0.0867 e. The van der Waals surface area contributed by atoms with Crippen LogP contribution in [0.15, 0.2) is 35.9 Å². The molecule has 0 saturated heterocycles. The van der Waals surface area contributed by atoms with E-state index in [1.165, 1.54) is 27.8 Å². The van der Waals surface area contributed by atoms with Gasteiger partial charge in [-0.1, -0.05) is 48.4 Å². The summed E-state index contributed by atoms with van der Waals surface area (Å²) < 4.78 is 0. The Balaban J connectivity index is 2.28. The summed E-state index contributed by atoms with van der Waals surface area (Å²) in [6.45, 7) is 4.27. The summed E-state index contributed by atoms with van der Waals surface area (Å²) in [4.78, 5) is 0. The van der Waals surface area contributed by atoms with Crippen molar-refractivity contribution < 1.29 is 0 Å². The number of allylic oxidation sites excluding steroid dienone is 4.